The van der Waals surface area contributed by atoms with Gasteiger partial charge in [0.2, 0.25) is 0 Å². The largest absolute Gasteiger partial charge is 0.456 e. The highest BCUT2D eigenvalue weighted by molar-refractivity contribution is 6.27. The molecule has 0 bridgehead atoms. The third kappa shape index (κ3) is 7.94. The number of nitrogens with zero attached hydrogens (tertiary/aromatic N) is 2. The van der Waals surface area contributed by atoms with Crippen LogP contribution in [0.5, 0.6) is 0 Å². The number of benzene rings is 10. The summed E-state index contributed by atoms with van der Waals surface area (Å²) in [5.41, 5.74) is 20.9. The minimum Gasteiger partial charge on any atom is -0.456 e. The molecule has 2 aliphatic carbocycles. The Morgan fingerprint density at radius 3 is 1.31 bits per heavy atom. The molecule has 366 valence electrons. The summed E-state index contributed by atoms with van der Waals surface area (Å²) in [7, 11) is 0. The van der Waals surface area contributed by atoms with Crippen LogP contribution in [0.1, 0.15) is 36.8 Å². The first-order valence-corrected chi connectivity index (χ1v) is 26.7. The van der Waals surface area contributed by atoms with Gasteiger partial charge < -0.3 is 23.1 Å². The van der Waals surface area contributed by atoms with Gasteiger partial charge in [-0.3, -0.25) is 0 Å². The van der Waals surface area contributed by atoms with E-state index in [0.717, 1.165) is 126 Å². The molecule has 0 aliphatic heterocycles. The second-order valence-electron chi connectivity index (χ2n) is 20.2. The van der Waals surface area contributed by atoms with Gasteiger partial charge in [-0.25, -0.2) is 0 Å². The number of furan rings is 3. The number of fused-ring (bicyclic) bond motifs is 10. The number of anilines is 6. The van der Waals surface area contributed by atoms with Gasteiger partial charge in [-0.15, -0.1) is 0 Å². The Bertz CT molecular complexity index is 4510. The molecule has 0 saturated heterocycles. The van der Waals surface area contributed by atoms with Crippen LogP contribution in [0, 0.1) is 0 Å². The monoisotopic (exact) mass is 990 g/mol. The maximum absolute atomic E-state index is 6.88. The van der Waals surface area contributed by atoms with Gasteiger partial charge in [0.25, 0.3) is 0 Å². The summed E-state index contributed by atoms with van der Waals surface area (Å²) in [6.45, 7) is 0. The first-order valence-electron chi connectivity index (χ1n) is 26.7. The van der Waals surface area contributed by atoms with Crippen LogP contribution in [-0.4, -0.2) is 0 Å². The molecular formula is C72H50N2O3. The minimum atomic E-state index is 0.799. The number of allylic oxidation sites excluding steroid dienone is 8. The smallest absolute Gasteiger partial charge is 0.137 e. The highest BCUT2D eigenvalue weighted by atomic mass is 16.3. The second-order valence-corrected chi connectivity index (χ2v) is 20.2. The van der Waals surface area contributed by atoms with Crippen LogP contribution < -0.4 is 9.80 Å². The van der Waals surface area contributed by atoms with Crippen LogP contribution >= 0.6 is 0 Å². The molecule has 0 N–H and O–H groups in total. The van der Waals surface area contributed by atoms with Crippen molar-refractivity contribution in [2.24, 2.45) is 0 Å². The van der Waals surface area contributed by atoms with Crippen molar-refractivity contribution in [3.8, 4) is 22.3 Å². The fourth-order valence-electron chi connectivity index (χ4n) is 11.7. The van der Waals surface area contributed by atoms with Crippen molar-refractivity contribution in [1.82, 2.24) is 0 Å². The van der Waals surface area contributed by atoms with E-state index < -0.39 is 0 Å². The molecule has 0 fully saturated rings. The van der Waals surface area contributed by atoms with Gasteiger partial charge in [0.05, 0.1) is 0 Å². The number of rotatable bonds is 10. The van der Waals surface area contributed by atoms with Crippen LogP contribution in [-0.2, 0) is 0 Å². The Morgan fingerprint density at radius 2 is 0.766 bits per heavy atom. The van der Waals surface area contributed by atoms with Crippen LogP contribution in [0.3, 0.4) is 0 Å². The van der Waals surface area contributed by atoms with Gasteiger partial charge >= 0.3 is 0 Å². The molecule has 0 unspecified atom stereocenters. The molecule has 5 heteroatoms. The Kier molecular flexibility index (Phi) is 10.7. The molecular weight excluding hydrogens is 941 g/mol. The summed E-state index contributed by atoms with van der Waals surface area (Å²) in [6.07, 6.45) is 17.7. The lowest BCUT2D eigenvalue weighted by Crippen LogP contribution is -2.10. The van der Waals surface area contributed by atoms with Gasteiger partial charge in [-0.2, -0.15) is 0 Å². The fourth-order valence-corrected chi connectivity index (χ4v) is 11.7. The van der Waals surface area contributed by atoms with E-state index in [1.807, 2.05) is 12.1 Å². The fraction of sp³-hybridized carbons (Fsp3) is 0.0556. The summed E-state index contributed by atoms with van der Waals surface area (Å²) >= 11 is 0. The summed E-state index contributed by atoms with van der Waals surface area (Å²) < 4.78 is 20.4. The number of hydrogen-bond donors (Lipinski definition) is 0. The SMILES string of the molecule is C1=CCCC(c2ccc(N(c3ccc(-c4ccccc4)cc3)c3ccc4c(c3)oc3cc5c(cc34)oc3ccc4oc6cc(N(c7ccc(C8=CCCC=C8)cc7)c7ccc(-c8ccccc8)cc7)ccc6c4c35)cc2)=C1. The van der Waals surface area contributed by atoms with Gasteiger partial charge in [-0.05, 0) is 167 Å². The topological polar surface area (TPSA) is 45.9 Å². The third-order valence-corrected chi connectivity index (χ3v) is 15.6. The van der Waals surface area contributed by atoms with E-state index in [1.54, 1.807) is 0 Å². The Labute approximate surface area is 445 Å². The van der Waals surface area contributed by atoms with Crippen LogP contribution in [0.25, 0.3) is 99.2 Å². The summed E-state index contributed by atoms with van der Waals surface area (Å²) in [5.74, 6) is 0. The van der Waals surface area contributed by atoms with Gasteiger partial charge in [0, 0.05) is 78.6 Å². The lowest BCUT2D eigenvalue weighted by molar-refractivity contribution is 0.661. The maximum atomic E-state index is 6.88. The molecule has 0 atom stereocenters. The zero-order valence-electron chi connectivity index (χ0n) is 42.2. The van der Waals surface area contributed by atoms with Crippen molar-refractivity contribution in [2.45, 2.75) is 25.7 Å². The molecule has 0 saturated carbocycles. The average molecular weight is 991 g/mol. The number of hydrogen-bond acceptors (Lipinski definition) is 5. The highest BCUT2D eigenvalue weighted by Gasteiger charge is 2.23. The van der Waals surface area contributed by atoms with Crippen LogP contribution in [0.4, 0.5) is 34.1 Å². The quantitative estimate of drug-likeness (QED) is 0.137. The van der Waals surface area contributed by atoms with E-state index in [9.17, 15) is 0 Å². The van der Waals surface area contributed by atoms with E-state index in [4.69, 9.17) is 13.3 Å². The Hall–Kier alpha value is -9.84. The Balaban J connectivity index is 0.817. The molecule has 3 aromatic heterocycles. The van der Waals surface area contributed by atoms with Crippen LogP contribution in [0.2, 0.25) is 0 Å². The molecule has 10 aromatic carbocycles. The van der Waals surface area contributed by atoms with Crippen molar-refractivity contribution >= 4 is 111 Å². The third-order valence-electron chi connectivity index (χ3n) is 15.6. The van der Waals surface area contributed by atoms with Gasteiger partial charge in [-0.1, -0.05) is 146 Å². The Morgan fingerprint density at radius 1 is 0.312 bits per heavy atom. The normalized spacial score (nSPS) is 13.6. The molecule has 0 spiro atoms. The molecule has 3 heterocycles. The molecule has 2 aliphatic rings. The van der Waals surface area contributed by atoms with E-state index in [1.165, 1.54) is 44.5 Å². The van der Waals surface area contributed by atoms with E-state index in [0.29, 0.717) is 0 Å². The lowest BCUT2D eigenvalue weighted by atomic mass is 9.97. The summed E-state index contributed by atoms with van der Waals surface area (Å²) in [4.78, 5) is 4.63. The standard InChI is InChI=1S/C72H50N2O3/c1-5-13-47(14-6-1)51-21-29-55(30-22-51)73(56-31-23-52(24-32-56)48-15-7-2-8-16-48)59-37-39-61-63-45-70-64(46-69(63)77-67(61)43-59)72-66(76-70)42-41-65-71(72)62-40-38-60(44-68(62)75-65)74(57-33-25-53(26-34-57)49-17-9-3-10-18-49)58-35-27-54(28-36-58)50-19-11-4-12-20-50/h1-3,5-7,9-11,13-15,17-46H,4,8,12,16H2. The second kappa shape index (κ2) is 18.5. The molecule has 77 heavy (non-hydrogen) atoms. The first kappa shape index (κ1) is 44.6. The predicted octanol–water partition coefficient (Wildman–Crippen LogP) is 21.1. The predicted molar refractivity (Wildman–Crippen MR) is 321 cm³/mol. The maximum Gasteiger partial charge on any atom is 0.137 e. The first-order chi connectivity index (χ1) is 38.1. The van der Waals surface area contributed by atoms with E-state index in [-0.39, 0.29) is 0 Å². The minimum absolute atomic E-state index is 0.799. The summed E-state index contributed by atoms with van der Waals surface area (Å²) in [6, 6.07) is 78.1. The van der Waals surface area contributed by atoms with Crippen molar-refractivity contribution < 1.29 is 13.3 Å². The molecule has 5 nitrogen and oxygen atoms in total. The lowest BCUT2D eigenvalue weighted by Gasteiger charge is -2.26. The van der Waals surface area contributed by atoms with Crippen molar-refractivity contribution in [1.29, 1.82) is 0 Å². The van der Waals surface area contributed by atoms with E-state index in [2.05, 4.69) is 253 Å². The van der Waals surface area contributed by atoms with Crippen LogP contribution in [0.15, 0.2) is 268 Å². The molecule has 0 radical (unpaired) electrons. The molecule has 0 amide bonds. The van der Waals surface area contributed by atoms with E-state index >= 15 is 0 Å². The van der Waals surface area contributed by atoms with Crippen molar-refractivity contribution in [3.63, 3.8) is 0 Å². The molecule has 13 aromatic rings. The van der Waals surface area contributed by atoms with Crippen molar-refractivity contribution in [3.05, 3.63) is 266 Å². The highest BCUT2D eigenvalue weighted by Crippen LogP contribution is 2.46. The summed E-state index contributed by atoms with van der Waals surface area (Å²) in [5, 5.41) is 6.07. The van der Waals surface area contributed by atoms with Crippen molar-refractivity contribution in [2.75, 3.05) is 9.80 Å². The zero-order chi connectivity index (χ0) is 50.8. The molecule has 15 rings (SSSR count). The van der Waals surface area contributed by atoms with Gasteiger partial charge in [0.15, 0.2) is 0 Å². The zero-order valence-corrected chi connectivity index (χ0v) is 42.2. The average Bonchev–Trinajstić information content (AvgIpc) is 4.27. The van der Waals surface area contributed by atoms with Gasteiger partial charge in [0.1, 0.15) is 33.5 Å².